The zero-order valence-electron chi connectivity index (χ0n) is 15.1. The third-order valence-electron chi connectivity index (χ3n) is 4.53. The average Bonchev–Trinajstić information content (AvgIpc) is 3.44. The standard InChI is InChI=1S/C20H15FN6OS/c21-15-4-1-3-14(9-15)11-26-13-16(22-24-26)12-25-6-7-27-18(20(25)28)10-17(23-27)19-5-2-8-29-19/h1-10,13H,11-12H2. The van der Waals surface area contributed by atoms with Gasteiger partial charge in [-0.2, -0.15) is 5.10 Å². The molecule has 7 nitrogen and oxygen atoms in total. The van der Waals surface area contributed by atoms with Crippen molar-refractivity contribution in [2.24, 2.45) is 0 Å². The van der Waals surface area contributed by atoms with E-state index in [4.69, 9.17) is 0 Å². The topological polar surface area (TPSA) is 70.0 Å². The monoisotopic (exact) mass is 406 g/mol. The minimum absolute atomic E-state index is 0.150. The molecule has 0 aliphatic heterocycles. The first-order chi connectivity index (χ1) is 14.2. The Labute approximate surface area is 168 Å². The zero-order valence-corrected chi connectivity index (χ0v) is 16.0. The van der Waals surface area contributed by atoms with Crippen LogP contribution in [0.2, 0.25) is 0 Å². The van der Waals surface area contributed by atoms with Crippen LogP contribution in [0.5, 0.6) is 0 Å². The summed E-state index contributed by atoms with van der Waals surface area (Å²) < 4.78 is 18.1. The van der Waals surface area contributed by atoms with Crippen molar-refractivity contribution in [1.29, 1.82) is 0 Å². The highest BCUT2D eigenvalue weighted by atomic mass is 32.1. The first-order valence-corrected chi connectivity index (χ1v) is 9.80. The van der Waals surface area contributed by atoms with Gasteiger partial charge in [0.05, 0.1) is 24.2 Å². The Balaban J connectivity index is 1.40. The number of aromatic nitrogens is 6. The maximum absolute atomic E-state index is 13.3. The van der Waals surface area contributed by atoms with E-state index < -0.39 is 0 Å². The second-order valence-corrected chi connectivity index (χ2v) is 7.55. The molecule has 5 aromatic rings. The van der Waals surface area contributed by atoms with Gasteiger partial charge in [0.15, 0.2) is 0 Å². The van der Waals surface area contributed by atoms with E-state index in [-0.39, 0.29) is 17.9 Å². The Morgan fingerprint density at radius 1 is 1.07 bits per heavy atom. The van der Waals surface area contributed by atoms with E-state index in [1.807, 2.05) is 23.6 Å². The third kappa shape index (κ3) is 3.47. The molecule has 0 amide bonds. The Bertz CT molecular complexity index is 1350. The van der Waals surface area contributed by atoms with Gasteiger partial charge in [0, 0.05) is 12.4 Å². The zero-order chi connectivity index (χ0) is 19.8. The highest BCUT2D eigenvalue weighted by molar-refractivity contribution is 7.13. The Morgan fingerprint density at radius 3 is 2.83 bits per heavy atom. The highest BCUT2D eigenvalue weighted by Crippen LogP contribution is 2.23. The molecule has 0 saturated carbocycles. The molecule has 5 rings (SSSR count). The van der Waals surface area contributed by atoms with Gasteiger partial charge in [-0.05, 0) is 35.2 Å². The minimum Gasteiger partial charge on any atom is -0.306 e. The third-order valence-corrected chi connectivity index (χ3v) is 5.42. The largest absolute Gasteiger partial charge is 0.306 e. The molecule has 144 valence electrons. The lowest BCUT2D eigenvalue weighted by Gasteiger charge is -2.03. The molecule has 29 heavy (non-hydrogen) atoms. The van der Waals surface area contributed by atoms with Crippen LogP contribution < -0.4 is 5.56 Å². The van der Waals surface area contributed by atoms with Crippen molar-refractivity contribution in [3.05, 3.63) is 93.9 Å². The number of thiophene rings is 1. The summed E-state index contributed by atoms with van der Waals surface area (Å²) in [4.78, 5) is 13.9. The van der Waals surface area contributed by atoms with E-state index in [9.17, 15) is 9.18 Å². The number of benzene rings is 1. The molecular weight excluding hydrogens is 391 g/mol. The van der Waals surface area contributed by atoms with Crippen LogP contribution in [0.25, 0.3) is 16.1 Å². The van der Waals surface area contributed by atoms with E-state index in [0.29, 0.717) is 17.8 Å². The van der Waals surface area contributed by atoms with Crippen molar-refractivity contribution in [3.63, 3.8) is 0 Å². The van der Waals surface area contributed by atoms with Gasteiger partial charge < -0.3 is 4.57 Å². The maximum atomic E-state index is 13.3. The second-order valence-electron chi connectivity index (χ2n) is 6.61. The van der Waals surface area contributed by atoms with Crippen LogP contribution in [0, 0.1) is 5.82 Å². The van der Waals surface area contributed by atoms with E-state index in [1.165, 1.54) is 12.1 Å². The van der Waals surface area contributed by atoms with Crippen LogP contribution in [0.15, 0.2) is 71.2 Å². The van der Waals surface area contributed by atoms with Gasteiger partial charge in [0.25, 0.3) is 5.56 Å². The molecule has 0 saturated heterocycles. The fourth-order valence-electron chi connectivity index (χ4n) is 3.18. The van der Waals surface area contributed by atoms with Crippen molar-refractivity contribution in [1.82, 2.24) is 29.2 Å². The predicted molar refractivity (Wildman–Crippen MR) is 107 cm³/mol. The molecular formula is C20H15FN6OS. The van der Waals surface area contributed by atoms with Crippen LogP contribution in [0.4, 0.5) is 4.39 Å². The summed E-state index contributed by atoms with van der Waals surface area (Å²) in [6, 6.07) is 12.1. The van der Waals surface area contributed by atoms with Gasteiger partial charge in [-0.1, -0.05) is 23.4 Å². The average molecular weight is 406 g/mol. The van der Waals surface area contributed by atoms with Crippen molar-refractivity contribution in [2.45, 2.75) is 13.1 Å². The Kier molecular flexibility index (Phi) is 4.28. The fourth-order valence-corrected chi connectivity index (χ4v) is 3.86. The summed E-state index contributed by atoms with van der Waals surface area (Å²) in [6.07, 6.45) is 5.20. The molecule has 4 heterocycles. The number of hydrogen-bond donors (Lipinski definition) is 0. The van der Waals surface area contributed by atoms with Crippen LogP contribution in [0.1, 0.15) is 11.3 Å². The molecule has 0 N–H and O–H groups in total. The van der Waals surface area contributed by atoms with Gasteiger partial charge in [-0.25, -0.2) is 13.6 Å². The van der Waals surface area contributed by atoms with Crippen molar-refractivity contribution < 1.29 is 4.39 Å². The van der Waals surface area contributed by atoms with E-state index >= 15 is 0 Å². The van der Waals surface area contributed by atoms with Crippen molar-refractivity contribution >= 4 is 16.9 Å². The summed E-state index contributed by atoms with van der Waals surface area (Å²) in [5.41, 5.74) is 2.56. The first kappa shape index (κ1) is 17.5. The molecule has 0 bridgehead atoms. The number of rotatable bonds is 5. The summed E-state index contributed by atoms with van der Waals surface area (Å²) in [5.74, 6) is -0.287. The summed E-state index contributed by atoms with van der Waals surface area (Å²) in [7, 11) is 0. The van der Waals surface area contributed by atoms with Crippen LogP contribution in [-0.4, -0.2) is 29.2 Å². The van der Waals surface area contributed by atoms with Crippen LogP contribution in [0.3, 0.4) is 0 Å². The first-order valence-electron chi connectivity index (χ1n) is 8.92. The lowest BCUT2D eigenvalue weighted by Crippen LogP contribution is -2.21. The molecule has 1 aromatic carbocycles. The summed E-state index contributed by atoms with van der Waals surface area (Å²) >= 11 is 1.58. The fraction of sp³-hybridized carbons (Fsp3) is 0.100. The summed E-state index contributed by atoms with van der Waals surface area (Å²) in [5, 5.41) is 14.7. The lowest BCUT2D eigenvalue weighted by molar-refractivity contribution is 0.614. The molecule has 0 unspecified atom stereocenters. The smallest absolute Gasteiger partial charge is 0.276 e. The van der Waals surface area contributed by atoms with Gasteiger partial charge in [0.1, 0.15) is 22.7 Å². The number of nitrogens with zero attached hydrogens (tertiary/aromatic N) is 6. The summed E-state index contributed by atoms with van der Waals surface area (Å²) in [6.45, 7) is 0.698. The molecule has 4 aromatic heterocycles. The van der Waals surface area contributed by atoms with Gasteiger partial charge in [-0.3, -0.25) is 4.79 Å². The minimum atomic E-state index is -0.287. The number of fused-ring (bicyclic) bond motifs is 1. The SMILES string of the molecule is O=c1c2cc(-c3cccs3)nn2ccn1Cc1cn(Cc2cccc(F)c2)nn1. The Morgan fingerprint density at radius 2 is 2.00 bits per heavy atom. The number of halogens is 1. The molecule has 0 atom stereocenters. The van der Waals surface area contributed by atoms with Crippen LogP contribution in [-0.2, 0) is 13.1 Å². The van der Waals surface area contributed by atoms with Crippen molar-refractivity contribution in [3.8, 4) is 10.6 Å². The van der Waals surface area contributed by atoms with Gasteiger partial charge in [-0.15, -0.1) is 16.4 Å². The van der Waals surface area contributed by atoms with E-state index in [1.54, 1.807) is 55.8 Å². The Hall–Kier alpha value is -3.59. The highest BCUT2D eigenvalue weighted by Gasteiger charge is 2.11. The molecule has 0 fully saturated rings. The quantitative estimate of drug-likeness (QED) is 0.450. The molecule has 0 spiro atoms. The molecule has 0 aliphatic carbocycles. The molecule has 0 aliphatic rings. The van der Waals surface area contributed by atoms with Crippen molar-refractivity contribution in [2.75, 3.05) is 0 Å². The van der Waals surface area contributed by atoms with E-state index in [2.05, 4.69) is 15.4 Å². The second kappa shape index (κ2) is 7.10. The molecule has 0 radical (unpaired) electrons. The van der Waals surface area contributed by atoms with Gasteiger partial charge >= 0.3 is 0 Å². The normalized spacial score (nSPS) is 11.3. The predicted octanol–water partition coefficient (Wildman–Crippen LogP) is 3.05. The van der Waals surface area contributed by atoms with Gasteiger partial charge in [0.2, 0.25) is 0 Å². The maximum Gasteiger partial charge on any atom is 0.276 e. The van der Waals surface area contributed by atoms with E-state index in [0.717, 1.165) is 16.1 Å². The van der Waals surface area contributed by atoms with Crippen LogP contribution >= 0.6 is 11.3 Å². The number of hydrogen-bond acceptors (Lipinski definition) is 5. The lowest BCUT2D eigenvalue weighted by atomic mass is 10.2. The molecule has 9 heteroatoms.